The summed E-state index contributed by atoms with van der Waals surface area (Å²) in [5.74, 6) is 17.0. The first-order valence-corrected chi connectivity index (χ1v) is 5.74. The number of terminal acetylenes is 2. The molecule has 0 unspecified atom stereocenters. The lowest BCUT2D eigenvalue weighted by molar-refractivity contribution is 0.782. The number of hydrogen-bond acceptors (Lipinski definition) is 0. The summed E-state index contributed by atoms with van der Waals surface area (Å²) in [6.45, 7) is 0. The van der Waals surface area contributed by atoms with Crippen LogP contribution in [0, 0.1) is 48.4 Å². The van der Waals surface area contributed by atoms with Crippen molar-refractivity contribution in [3.05, 3.63) is 0 Å². The highest BCUT2D eigenvalue weighted by molar-refractivity contribution is 5.25. The smallest absolute Gasteiger partial charge is 0.00992 e. The third-order valence-corrected chi connectivity index (χ3v) is 1.99. The Labute approximate surface area is 100 Å². The van der Waals surface area contributed by atoms with Gasteiger partial charge in [-0.15, -0.1) is 24.7 Å². The molecular weight excluding hydrogens is 192 g/mol. The fourth-order valence-electron chi connectivity index (χ4n) is 1.09. The first-order valence-electron chi connectivity index (χ1n) is 5.74. The van der Waals surface area contributed by atoms with Gasteiger partial charge in [0.1, 0.15) is 0 Å². The van der Waals surface area contributed by atoms with E-state index in [1.54, 1.807) is 0 Å². The maximum Gasteiger partial charge on any atom is 0.00992 e. The van der Waals surface area contributed by atoms with Gasteiger partial charge in [0.05, 0.1) is 0 Å². The molecule has 0 heteroatoms. The highest BCUT2D eigenvalue weighted by Crippen LogP contribution is 1.97. The van der Waals surface area contributed by atoms with Crippen molar-refractivity contribution < 1.29 is 0 Å². The maximum absolute atomic E-state index is 5.14. The largest absolute Gasteiger partial charge is 0.120 e. The molecule has 0 aliphatic carbocycles. The molecule has 0 heterocycles. The van der Waals surface area contributed by atoms with Crippen molar-refractivity contribution in [2.24, 2.45) is 0 Å². The van der Waals surface area contributed by atoms with Gasteiger partial charge in [-0.1, -0.05) is 11.8 Å². The SMILES string of the molecule is C#CCCCCC#CC#CCCCCC#C. The average Bonchev–Trinajstić information content (AvgIpc) is 2.31. The van der Waals surface area contributed by atoms with E-state index in [4.69, 9.17) is 12.8 Å². The third-order valence-electron chi connectivity index (χ3n) is 1.99. The van der Waals surface area contributed by atoms with Gasteiger partial charge >= 0.3 is 0 Å². The fraction of sp³-hybridized carbons (Fsp3) is 0.500. The number of unbranched alkanes of at least 4 members (excludes halogenated alkanes) is 6. The van der Waals surface area contributed by atoms with Crippen molar-refractivity contribution in [2.45, 2.75) is 51.4 Å². The van der Waals surface area contributed by atoms with Crippen LogP contribution in [-0.4, -0.2) is 0 Å². The van der Waals surface area contributed by atoms with E-state index in [1.165, 1.54) is 0 Å². The van der Waals surface area contributed by atoms with Crippen LogP contribution in [0.25, 0.3) is 0 Å². The molecule has 0 spiro atoms. The van der Waals surface area contributed by atoms with E-state index < -0.39 is 0 Å². The van der Waals surface area contributed by atoms with E-state index in [-0.39, 0.29) is 0 Å². The molecule has 0 saturated heterocycles. The molecule has 0 aromatic carbocycles. The number of rotatable bonds is 6. The highest BCUT2D eigenvalue weighted by Gasteiger charge is 1.82. The van der Waals surface area contributed by atoms with Gasteiger partial charge in [-0.3, -0.25) is 0 Å². The van der Waals surface area contributed by atoms with Crippen LogP contribution < -0.4 is 0 Å². The average molecular weight is 210 g/mol. The van der Waals surface area contributed by atoms with E-state index >= 15 is 0 Å². The Bertz CT molecular complexity index is 313. The van der Waals surface area contributed by atoms with Gasteiger partial charge in [0.25, 0.3) is 0 Å². The summed E-state index contributed by atoms with van der Waals surface area (Å²) in [4.78, 5) is 0. The van der Waals surface area contributed by atoms with Crippen molar-refractivity contribution in [1.82, 2.24) is 0 Å². The zero-order valence-electron chi connectivity index (χ0n) is 9.81. The number of hydrogen-bond donors (Lipinski definition) is 0. The highest BCUT2D eigenvalue weighted by atomic mass is 13.9. The van der Waals surface area contributed by atoms with E-state index in [1.807, 2.05) is 0 Å². The van der Waals surface area contributed by atoms with Crippen LogP contribution in [0.2, 0.25) is 0 Å². The lowest BCUT2D eigenvalue weighted by Gasteiger charge is -1.87. The van der Waals surface area contributed by atoms with E-state index in [0.717, 1.165) is 51.4 Å². The van der Waals surface area contributed by atoms with Crippen molar-refractivity contribution in [3.8, 4) is 48.4 Å². The van der Waals surface area contributed by atoms with Gasteiger partial charge < -0.3 is 0 Å². The second-order valence-electron chi connectivity index (χ2n) is 3.43. The summed E-state index contributed by atoms with van der Waals surface area (Å²) in [5, 5.41) is 0. The van der Waals surface area contributed by atoms with Gasteiger partial charge in [0.15, 0.2) is 0 Å². The summed E-state index contributed by atoms with van der Waals surface area (Å²) in [7, 11) is 0. The van der Waals surface area contributed by atoms with Crippen LogP contribution in [0.15, 0.2) is 0 Å². The predicted molar refractivity (Wildman–Crippen MR) is 70.2 cm³/mol. The monoisotopic (exact) mass is 210 g/mol. The fourth-order valence-corrected chi connectivity index (χ4v) is 1.09. The lowest BCUT2D eigenvalue weighted by atomic mass is 10.2. The summed E-state index contributed by atoms with van der Waals surface area (Å²) < 4.78 is 0. The summed E-state index contributed by atoms with van der Waals surface area (Å²) in [5.41, 5.74) is 0. The van der Waals surface area contributed by atoms with Crippen LogP contribution in [0.3, 0.4) is 0 Å². The van der Waals surface area contributed by atoms with E-state index in [0.29, 0.717) is 0 Å². The van der Waals surface area contributed by atoms with Gasteiger partial charge in [-0.2, -0.15) is 0 Å². The van der Waals surface area contributed by atoms with Crippen LogP contribution in [0.1, 0.15) is 51.4 Å². The normalized spacial score (nSPS) is 7.62. The second kappa shape index (κ2) is 13.2. The van der Waals surface area contributed by atoms with Gasteiger partial charge in [0.2, 0.25) is 0 Å². The quantitative estimate of drug-likeness (QED) is 0.466. The van der Waals surface area contributed by atoms with Crippen LogP contribution >= 0.6 is 0 Å². The third kappa shape index (κ3) is 12.2. The summed E-state index contributed by atoms with van der Waals surface area (Å²) >= 11 is 0. The molecule has 0 bridgehead atoms. The van der Waals surface area contributed by atoms with Gasteiger partial charge in [0, 0.05) is 25.7 Å². The molecule has 0 nitrogen and oxygen atoms in total. The van der Waals surface area contributed by atoms with Crippen LogP contribution in [-0.2, 0) is 0 Å². The topological polar surface area (TPSA) is 0 Å². The Morgan fingerprint density at radius 3 is 1.31 bits per heavy atom. The Kier molecular flexibility index (Phi) is 11.8. The molecule has 0 saturated carbocycles. The molecule has 16 heavy (non-hydrogen) atoms. The van der Waals surface area contributed by atoms with Crippen LogP contribution in [0.5, 0.6) is 0 Å². The van der Waals surface area contributed by atoms with Crippen molar-refractivity contribution >= 4 is 0 Å². The van der Waals surface area contributed by atoms with E-state index in [2.05, 4.69) is 35.5 Å². The molecule has 0 aliphatic heterocycles. The van der Waals surface area contributed by atoms with Gasteiger partial charge in [-0.05, 0) is 37.5 Å². The Morgan fingerprint density at radius 2 is 0.938 bits per heavy atom. The van der Waals surface area contributed by atoms with Crippen LogP contribution in [0.4, 0.5) is 0 Å². The molecular formula is C16H18. The minimum atomic E-state index is 0.850. The summed E-state index contributed by atoms with van der Waals surface area (Å²) in [6, 6.07) is 0. The minimum Gasteiger partial charge on any atom is -0.120 e. The Morgan fingerprint density at radius 1 is 0.562 bits per heavy atom. The predicted octanol–water partition coefficient (Wildman–Crippen LogP) is 3.38. The standard InChI is InChI=1S/C16H18/c1-3-5-7-9-11-13-15-16-14-12-10-8-6-4-2/h1-2H,5-12H2. The molecule has 82 valence electrons. The summed E-state index contributed by atoms with van der Waals surface area (Å²) in [6.07, 6.45) is 18.0. The van der Waals surface area contributed by atoms with Crippen molar-refractivity contribution in [2.75, 3.05) is 0 Å². The molecule has 0 atom stereocenters. The van der Waals surface area contributed by atoms with Gasteiger partial charge in [-0.25, -0.2) is 0 Å². The van der Waals surface area contributed by atoms with Crippen molar-refractivity contribution in [3.63, 3.8) is 0 Å². The molecule has 0 aliphatic rings. The molecule has 0 fully saturated rings. The molecule has 0 amide bonds. The molecule has 0 aromatic rings. The molecule has 0 rings (SSSR count). The zero-order chi connectivity index (χ0) is 11.9. The van der Waals surface area contributed by atoms with Crippen molar-refractivity contribution in [1.29, 1.82) is 0 Å². The second-order valence-corrected chi connectivity index (χ2v) is 3.43. The Balaban J connectivity index is 3.35. The zero-order valence-corrected chi connectivity index (χ0v) is 9.81. The van der Waals surface area contributed by atoms with E-state index in [9.17, 15) is 0 Å². The maximum atomic E-state index is 5.14. The lowest BCUT2D eigenvalue weighted by Crippen LogP contribution is -1.73. The first-order chi connectivity index (χ1) is 7.91. The first kappa shape index (κ1) is 14.2. The molecule has 0 aromatic heterocycles. The minimum absolute atomic E-state index is 0.850. The molecule has 0 radical (unpaired) electrons. The molecule has 0 N–H and O–H groups in total. The Hall–Kier alpha value is -1.76.